The maximum atomic E-state index is 13.4. The first kappa shape index (κ1) is 14.8. The van der Waals surface area contributed by atoms with Gasteiger partial charge in [0.05, 0.1) is 11.3 Å². The normalized spacial score (nSPS) is 17.4. The second-order valence-corrected chi connectivity index (χ2v) is 5.71. The van der Waals surface area contributed by atoms with Crippen LogP contribution in [-0.2, 0) is 0 Å². The Morgan fingerprint density at radius 3 is 2.65 bits per heavy atom. The van der Waals surface area contributed by atoms with E-state index in [-0.39, 0.29) is 22.7 Å². The van der Waals surface area contributed by atoms with Gasteiger partial charge in [-0.2, -0.15) is 0 Å². The van der Waals surface area contributed by atoms with E-state index in [1.807, 2.05) is 14.1 Å². The minimum absolute atomic E-state index is 0.0117. The fourth-order valence-corrected chi connectivity index (χ4v) is 2.89. The van der Waals surface area contributed by atoms with Gasteiger partial charge in [-0.1, -0.05) is 18.9 Å². The Morgan fingerprint density at radius 1 is 1.40 bits per heavy atom. The van der Waals surface area contributed by atoms with Gasteiger partial charge >= 0.3 is 0 Å². The smallest absolute Gasteiger partial charge is 0.253 e. The number of nitrogens with one attached hydrogen (secondary N) is 1. The van der Waals surface area contributed by atoms with E-state index in [0.717, 1.165) is 12.8 Å². The maximum absolute atomic E-state index is 13.4. The fraction of sp³-hybridized carbons (Fsp3) is 0.533. The number of rotatable bonds is 4. The van der Waals surface area contributed by atoms with Gasteiger partial charge in [0, 0.05) is 12.1 Å². The number of anilines is 1. The zero-order chi connectivity index (χ0) is 14.8. The fourth-order valence-electron chi connectivity index (χ4n) is 2.89. The van der Waals surface area contributed by atoms with Gasteiger partial charge in [0.1, 0.15) is 5.82 Å². The topological polar surface area (TPSA) is 58.4 Å². The number of likely N-dealkylation sites (N-methyl/N-ethyl adjacent to an activating group) is 1. The van der Waals surface area contributed by atoms with Crippen molar-refractivity contribution in [3.05, 3.63) is 29.6 Å². The number of nitrogen functional groups attached to an aromatic ring is 1. The predicted octanol–water partition coefficient (Wildman–Crippen LogP) is 2.01. The molecule has 1 saturated carbocycles. The molecule has 0 bridgehead atoms. The zero-order valence-electron chi connectivity index (χ0n) is 12.1. The van der Waals surface area contributed by atoms with Crippen molar-refractivity contribution in [2.75, 3.05) is 26.4 Å². The Kier molecular flexibility index (Phi) is 4.28. The quantitative estimate of drug-likeness (QED) is 0.829. The number of hydrogen-bond acceptors (Lipinski definition) is 3. The van der Waals surface area contributed by atoms with E-state index in [1.54, 1.807) is 6.07 Å². The molecule has 0 aromatic heterocycles. The average Bonchev–Trinajstić information content (AvgIpc) is 2.89. The van der Waals surface area contributed by atoms with Crippen LogP contribution in [-0.4, -0.2) is 37.0 Å². The molecule has 1 amide bonds. The summed E-state index contributed by atoms with van der Waals surface area (Å²) >= 11 is 0. The van der Waals surface area contributed by atoms with Crippen molar-refractivity contribution in [3.8, 4) is 0 Å². The average molecular weight is 279 g/mol. The molecular formula is C15H22FN3O. The first-order valence-electron chi connectivity index (χ1n) is 6.96. The number of amides is 1. The lowest BCUT2D eigenvalue weighted by atomic mass is 9.96. The van der Waals surface area contributed by atoms with Crippen LogP contribution in [0.3, 0.4) is 0 Å². The highest BCUT2D eigenvalue weighted by Gasteiger charge is 2.36. The predicted molar refractivity (Wildman–Crippen MR) is 78.0 cm³/mol. The highest BCUT2D eigenvalue weighted by molar-refractivity contribution is 5.99. The lowest BCUT2D eigenvalue weighted by Gasteiger charge is -2.36. The van der Waals surface area contributed by atoms with Crippen LogP contribution in [0.2, 0.25) is 0 Å². The molecule has 20 heavy (non-hydrogen) atoms. The van der Waals surface area contributed by atoms with Crippen molar-refractivity contribution in [2.24, 2.45) is 0 Å². The van der Waals surface area contributed by atoms with Crippen LogP contribution in [0.4, 0.5) is 10.1 Å². The summed E-state index contributed by atoms with van der Waals surface area (Å²) in [5, 5.41) is 2.90. The van der Waals surface area contributed by atoms with Gasteiger partial charge in [0.2, 0.25) is 0 Å². The van der Waals surface area contributed by atoms with Crippen LogP contribution in [0.25, 0.3) is 0 Å². The van der Waals surface area contributed by atoms with Crippen molar-refractivity contribution in [3.63, 3.8) is 0 Å². The third kappa shape index (κ3) is 2.77. The number of nitrogens with two attached hydrogens (primary N) is 1. The Bertz CT molecular complexity index is 496. The summed E-state index contributed by atoms with van der Waals surface area (Å²) in [6, 6.07) is 4.30. The summed E-state index contributed by atoms with van der Waals surface area (Å²) in [7, 11) is 4.07. The van der Waals surface area contributed by atoms with E-state index in [2.05, 4.69) is 10.2 Å². The number of carbonyl (C=O) groups is 1. The zero-order valence-corrected chi connectivity index (χ0v) is 12.1. The molecule has 1 aliphatic rings. The maximum Gasteiger partial charge on any atom is 0.253 e. The van der Waals surface area contributed by atoms with E-state index in [1.165, 1.54) is 25.0 Å². The Hall–Kier alpha value is -1.62. The number of hydrogen-bond donors (Lipinski definition) is 2. The minimum Gasteiger partial charge on any atom is -0.396 e. The molecular weight excluding hydrogens is 257 g/mol. The van der Waals surface area contributed by atoms with Crippen LogP contribution in [0.15, 0.2) is 18.2 Å². The summed E-state index contributed by atoms with van der Waals surface area (Å²) in [5.41, 5.74) is 5.74. The second kappa shape index (κ2) is 5.79. The van der Waals surface area contributed by atoms with Crippen molar-refractivity contribution in [1.29, 1.82) is 0 Å². The summed E-state index contributed by atoms with van der Waals surface area (Å²) < 4.78 is 13.4. The molecule has 2 rings (SSSR count). The summed E-state index contributed by atoms with van der Waals surface area (Å²) in [6.07, 6.45) is 4.49. The van der Waals surface area contributed by atoms with Crippen LogP contribution in [0, 0.1) is 5.82 Å². The highest BCUT2D eigenvalue weighted by Crippen LogP contribution is 2.33. The minimum atomic E-state index is -0.555. The molecule has 1 aromatic rings. The van der Waals surface area contributed by atoms with Gasteiger partial charge in [-0.05, 0) is 39.1 Å². The second-order valence-electron chi connectivity index (χ2n) is 5.71. The van der Waals surface area contributed by atoms with Crippen LogP contribution < -0.4 is 11.1 Å². The third-order valence-electron chi connectivity index (χ3n) is 4.36. The molecule has 5 heteroatoms. The molecule has 0 aliphatic heterocycles. The Morgan fingerprint density at radius 2 is 2.05 bits per heavy atom. The van der Waals surface area contributed by atoms with Gasteiger partial charge in [0.15, 0.2) is 0 Å². The van der Waals surface area contributed by atoms with Gasteiger partial charge in [-0.15, -0.1) is 0 Å². The highest BCUT2D eigenvalue weighted by atomic mass is 19.1. The van der Waals surface area contributed by atoms with Crippen molar-refractivity contribution >= 4 is 11.6 Å². The molecule has 1 aliphatic carbocycles. The molecule has 0 radical (unpaired) electrons. The third-order valence-corrected chi connectivity index (χ3v) is 4.36. The molecule has 0 saturated heterocycles. The molecule has 4 nitrogen and oxygen atoms in total. The Labute approximate surface area is 119 Å². The van der Waals surface area contributed by atoms with Crippen molar-refractivity contribution in [1.82, 2.24) is 10.2 Å². The van der Waals surface area contributed by atoms with E-state index in [4.69, 9.17) is 5.73 Å². The summed E-state index contributed by atoms with van der Waals surface area (Å²) in [6.45, 7) is 0.564. The van der Waals surface area contributed by atoms with Gasteiger partial charge < -0.3 is 16.0 Å². The molecule has 0 spiro atoms. The standard InChI is InChI=1S/C15H22FN3O/c1-19(2)15(8-3-4-9-15)10-18-14(20)11-6-5-7-12(16)13(11)17/h5-7H,3-4,8-10,17H2,1-2H3,(H,18,20). The Balaban J connectivity index is 2.07. The van der Waals surface area contributed by atoms with Gasteiger partial charge in [-0.25, -0.2) is 4.39 Å². The molecule has 1 fully saturated rings. The molecule has 1 aromatic carbocycles. The number of nitrogens with zero attached hydrogens (tertiary/aromatic N) is 1. The molecule has 3 N–H and O–H groups in total. The van der Waals surface area contributed by atoms with E-state index in [9.17, 15) is 9.18 Å². The summed E-state index contributed by atoms with van der Waals surface area (Å²) in [4.78, 5) is 14.3. The lowest BCUT2D eigenvalue weighted by Crippen LogP contribution is -2.50. The molecule has 0 heterocycles. The first-order chi connectivity index (χ1) is 9.46. The van der Waals surface area contributed by atoms with Crippen LogP contribution in [0.1, 0.15) is 36.0 Å². The van der Waals surface area contributed by atoms with Crippen LogP contribution in [0.5, 0.6) is 0 Å². The van der Waals surface area contributed by atoms with Gasteiger partial charge in [0.25, 0.3) is 5.91 Å². The number of para-hydroxylation sites is 1. The van der Waals surface area contributed by atoms with E-state index in [0.29, 0.717) is 6.54 Å². The number of carbonyl (C=O) groups excluding carboxylic acids is 1. The lowest BCUT2D eigenvalue weighted by molar-refractivity contribution is 0.0900. The SMILES string of the molecule is CN(C)C1(CNC(=O)c2cccc(F)c2N)CCCC1. The van der Waals surface area contributed by atoms with E-state index >= 15 is 0 Å². The monoisotopic (exact) mass is 279 g/mol. The van der Waals surface area contributed by atoms with E-state index < -0.39 is 5.82 Å². The molecule has 0 atom stereocenters. The molecule has 110 valence electrons. The van der Waals surface area contributed by atoms with Crippen molar-refractivity contribution < 1.29 is 9.18 Å². The van der Waals surface area contributed by atoms with Crippen LogP contribution >= 0.6 is 0 Å². The molecule has 0 unspecified atom stereocenters. The largest absolute Gasteiger partial charge is 0.396 e. The first-order valence-corrected chi connectivity index (χ1v) is 6.96. The number of halogens is 1. The summed E-state index contributed by atoms with van der Waals surface area (Å²) in [5.74, 6) is -0.865. The van der Waals surface area contributed by atoms with Gasteiger partial charge in [-0.3, -0.25) is 4.79 Å². The van der Waals surface area contributed by atoms with Crippen molar-refractivity contribution in [2.45, 2.75) is 31.2 Å². The number of benzene rings is 1.